The molecular weight excluding hydrogens is 334 g/mol. The van der Waals surface area contributed by atoms with Crippen LogP contribution in [0.5, 0.6) is 5.75 Å². The molecule has 2 aromatic carbocycles. The lowest BCUT2D eigenvalue weighted by atomic mass is 9.96. The van der Waals surface area contributed by atoms with Crippen molar-refractivity contribution in [2.75, 3.05) is 19.4 Å². The molecule has 0 aliphatic carbocycles. The summed E-state index contributed by atoms with van der Waals surface area (Å²) in [5.74, 6) is 1.91. The van der Waals surface area contributed by atoms with Crippen molar-refractivity contribution in [1.82, 2.24) is 5.32 Å². The fourth-order valence-corrected chi connectivity index (χ4v) is 3.24. The summed E-state index contributed by atoms with van der Waals surface area (Å²) in [6, 6.07) is 17.6. The molecule has 0 aromatic heterocycles. The number of methoxy groups -OCH3 is 1. The van der Waals surface area contributed by atoms with E-state index < -0.39 is 5.60 Å². The molecule has 2 aromatic rings. The SMILES string of the molecule is COc1ccc(C[C@@](C)(O)CNC(=O)CSCc2ccccc2)cc1. The predicted octanol–water partition coefficient (Wildman–Crippen LogP) is 3.04. The van der Waals surface area contributed by atoms with Crippen LogP contribution in [0.4, 0.5) is 0 Å². The average molecular weight is 359 g/mol. The van der Waals surface area contributed by atoms with E-state index in [9.17, 15) is 9.90 Å². The van der Waals surface area contributed by atoms with Gasteiger partial charge in [-0.15, -0.1) is 11.8 Å². The molecule has 0 radical (unpaired) electrons. The molecule has 1 atom stereocenters. The van der Waals surface area contributed by atoms with Gasteiger partial charge in [-0.25, -0.2) is 0 Å². The molecule has 0 aliphatic rings. The summed E-state index contributed by atoms with van der Waals surface area (Å²) in [6.45, 7) is 1.96. The van der Waals surface area contributed by atoms with Gasteiger partial charge in [0, 0.05) is 18.7 Å². The molecule has 0 aliphatic heterocycles. The van der Waals surface area contributed by atoms with Crippen molar-refractivity contribution in [1.29, 1.82) is 0 Å². The maximum Gasteiger partial charge on any atom is 0.230 e. The number of amides is 1. The van der Waals surface area contributed by atoms with Crippen LogP contribution in [0.25, 0.3) is 0 Å². The molecule has 0 fully saturated rings. The number of nitrogens with one attached hydrogen (secondary N) is 1. The molecule has 4 nitrogen and oxygen atoms in total. The molecule has 0 saturated heterocycles. The van der Waals surface area contributed by atoms with Gasteiger partial charge in [0.1, 0.15) is 5.75 Å². The van der Waals surface area contributed by atoms with Gasteiger partial charge in [0.25, 0.3) is 0 Å². The van der Waals surface area contributed by atoms with Crippen LogP contribution in [0.15, 0.2) is 54.6 Å². The second kappa shape index (κ2) is 9.49. The van der Waals surface area contributed by atoms with Gasteiger partial charge in [0.2, 0.25) is 5.91 Å². The van der Waals surface area contributed by atoms with Crippen LogP contribution in [-0.2, 0) is 17.0 Å². The van der Waals surface area contributed by atoms with Crippen molar-refractivity contribution in [3.8, 4) is 5.75 Å². The second-order valence-corrected chi connectivity index (χ2v) is 7.26. The number of rotatable bonds is 9. The first-order valence-corrected chi connectivity index (χ1v) is 9.38. The Morgan fingerprint density at radius 1 is 1.12 bits per heavy atom. The largest absolute Gasteiger partial charge is 0.497 e. The number of carbonyl (C=O) groups is 1. The summed E-state index contributed by atoms with van der Waals surface area (Å²) in [5, 5.41) is 13.3. The Morgan fingerprint density at radius 3 is 2.44 bits per heavy atom. The van der Waals surface area contributed by atoms with Crippen LogP contribution in [0.1, 0.15) is 18.1 Å². The third kappa shape index (κ3) is 7.20. The van der Waals surface area contributed by atoms with Gasteiger partial charge >= 0.3 is 0 Å². The fourth-order valence-electron chi connectivity index (χ4n) is 2.42. The highest BCUT2D eigenvalue weighted by atomic mass is 32.2. The first kappa shape index (κ1) is 19.3. The van der Waals surface area contributed by atoms with E-state index in [1.54, 1.807) is 25.8 Å². The van der Waals surface area contributed by atoms with E-state index in [1.807, 2.05) is 54.6 Å². The lowest BCUT2D eigenvalue weighted by molar-refractivity contribution is -0.119. The molecule has 0 heterocycles. The van der Waals surface area contributed by atoms with Crippen molar-refractivity contribution < 1.29 is 14.6 Å². The van der Waals surface area contributed by atoms with Crippen molar-refractivity contribution in [3.05, 3.63) is 65.7 Å². The summed E-state index contributed by atoms with van der Waals surface area (Å²) in [6.07, 6.45) is 0.467. The molecule has 2 N–H and O–H groups in total. The Kier molecular flexibility index (Phi) is 7.34. The number of aliphatic hydroxyl groups is 1. The average Bonchev–Trinajstić information content (AvgIpc) is 2.61. The van der Waals surface area contributed by atoms with Crippen molar-refractivity contribution >= 4 is 17.7 Å². The third-order valence-electron chi connectivity index (χ3n) is 3.76. The predicted molar refractivity (Wildman–Crippen MR) is 103 cm³/mol. The van der Waals surface area contributed by atoms with Gasteiger partial charge in [-0.1, -0.05) is 42.5 Å². The van der Waals surface area contributed by atoms with Crippen molar-refractivity contribution in [2.45, 2.75) is 24.7 Å². The number of hydrogen-bond donors (Lipinski definition) is 2. The van der Waals surface area contributed by atoms with E-state index in [1.165, 1.54) is 5.56 Å². The van der Waals surface area contributed by atoms with E-state index in [-0.39, 0.29) is 12.5 Å². The molecule has 5 heteroatoms. The van der Waals surface area contributed by atoms with Gasteiger partial charge in [-0.3, -0.25) is 4.79 Å². The van der Waals surface area contributed by atoms with Crippen LogP contribution in [-0.4, -0.2) is 36.0 Å². The molecule has 2 rings (SSSR count). The van der Waals surface area contributed by atoms with E-state index >= 15 is 0 Å². The first-order chi connectivity index (χ1) is 12.0. The summed E-state index contributed by atoms with van der Waals surface area (Å²) in [7, 11) is 1.62. The maximum absolute atomic E-state index is 12.0. The van der Waals surface area contributed by atoms with Crippen LogP contribution in [0, 0.1) is 0 Å². The van der Waals surface area contributed by atoms with Crippen molar-refractivity contribution in [3.63, 3.8) is 0 Å². The topological polar surface area (TPSA) is 58.6 Å². The standard InChI is InChI=1S/C20H25NO3S/c1-20(23,12-16-8-10-18(24-2)11-9-16)15-21-19(22)14-25-13-17-6-4-3-5-7-17/h3-11,23H,12-15H2,1-2H3,(H,21,22)/t20-/m1/s1. The maximum atomic E-state index is 12.0. The number of hydrogen-bond acceptors (Lipinski definition) is 4. The summed E-state index contributed by atoms with van der Waals surface area (Å²) < 4.78 is 5.13. The van der Waals surface area contributed by atoms with Crippen LogP contribution < -0.4 is 10.1 Å². The monoisotopic (exact) mass is 359 g/mol. The highest BCUT2D eigenvalue weighted by Gasteiger charge is 2.21. The Bertz CT molecular complexity index is 656. The minimum Gasteiger partial charge on any atom is -0.497 e. The zero-order valence-corrected chi connectivity index (χ0v) is 15.5. The Hall–Kier alpha value is -1.98. The molecule has 1 amide bonds. The summed E-state index contributed by atoms with van der Waals surface area (Å²) >= 11 is 1.57. The first-order valence-electron chi connectivity index (χ1n) is 8.22. The number of carbonyl (C=O) groups excluding carboxylic acids is 1. The van der Waals surface area contributed by atoms with Gasteiger partial charge in [-0.2, -0.15) is 0 Å². The van der Waals surface area contributed by atoms with E-state index in [2.05, 4.69) is 5.32 Å². The van der Waals surface area contributed by atoms with Crippen LogP contribution >= 0.6 is 11.8 Å². The molecule has 0 bridgehead atoms. The minimum absolute atomic E-state index is 0.0593. The molecule has 134 valence electrons. The Morgan fingerprint density at radius 2 is 1.80 bits per heavy atom. The quantitative estimate of drug-likeness (QED) is 0.722. The van der Waals surface area contributed by atoms with E-state index in [4.69, 9.17) is 4.74 Å². The summed E-state index contributed by atoms with van der Waals surface area (Å²) in [5.41, 5.74) is 1.21. The lowest BCUT2D eigenvalue weighted by Gasteiger charge is -2.24. The molecule has 0 unspecified atom stereocenters. The third-order valence-corrected chi connectivity index (χ3v) is 4.76. The second-order valence-electron chi connectivity index (χ2n) is 6.28. The Balaban J connectivity index is 1.71. The van der Waals surface area contributed by atoms with E-state index in [0.29, 0.717) is 12.2 Å². The van der Waals surface area contributed by atoms with Gasteiger partial charge in [0.15, 0.2) is 0 Å². The van der Waals surface area contributed by atoms with Gasteiger partial charge < -0.3 is 15.2 Å². The highest BCUT2D eigenvalue weighted by molar-refractivity contribution is 7.99. The van der Waals surface area contributed by atoms with E-state index in [0.717, 1.165) is 17.1 Å². The van der Waals surface area contributed by atoms with Crippen LogP contribution in [0.3, 0.4) is 0 Å². The van der Waals surface area contributed by atoms with Gasteiger partial charge in [-0.05, 0) is 30.2 Å². The van der Waals surface area contributed by atoms with Gasteiger partial charge in [0.05, 0.1) is 18.5 Å². The molecular formula is C20H25NO3S. The zero-order valence-electron chi connectivity index (χ0n) is 14.7. The molecule has 0 saturated carbocycles. The number of thioether (sulfide) groups is 1. The van der Waals surface area contributed by atoms with Crippen molar-refractivity contribution in [2.24, 2.45) is 0 Å². The molecule has 25 heavy (non-hydrogen) atoms. The molecule has 0 spiro atoms. The number of benzene rings is 2. The highest BCUT2D eigenvalue weighted by Crippen LogP contribution is 2.17. The zero-order chi connectivity index (χ0) is 18.1. The summed E-state index contributed by atoms with van der Waals surface area (Å²) in [4.78, 5) is 12.0. The normalized spacial score (nSPS) is 13.1. The number of ether oxygens (including phenoxy) is 1. The smallest absolute Gasteiger partial charge is 0.230 e. The Labute approximate surface area is 153 Å². The minimum atomic E-state index is -0.992. The lowest BCUT2D eigenvalue weighted by Crippen LogP contribution is -2.42. The van der Waals surface area contributed by atoms with Crippen LogP contribution in [0.2, 0.25) is 0 Å². The fraction of sp³-hybridized carbons (Fsp3) is 0.350.